The summed E-state index contributed by atoms with van der Waals surface area (Å²) in [6.45, 7) is 0. The Morgan fingerprint density at radius 3 is 2.56 bits per heavy atom. The maximum absolute atomic E-state index is 13.0. The summed E-state index contributed by atoms with van der Waals surface area (Å²) < 4.78 is 0.948. The Morgan fingerprint density at radius 2 is 1.81 bits per heavy atom. The number of amidine groups is 1. The molecule has 1 unspecified atom stereocenters. The number of hydrogen-bond acceptors (Lipinski definition) is 3. The van der Waals surface area contributed by atoms with Gasteiger partial charge in [0.25, 0.3) is 11.8 Å². The van der Waals surface area contributed by atoms with Gasteiger partial charge in [-0.25, -0.2) is 0 Å². The molecule has 2 aromatic carbocycles. The number of rotatable bonds is 4. The summed E-state index contributed by atoms with van der Waals surface area (Å²) in [5.74, 6) is -0.186. The van der Waals surface area contributed by atoms with E-state index in [0.29, 0.717) is 17.8 Å². The largest absolute Gasteiger partial charge is 0.321 e. The second kappa shape index (κ2) is 6.96. The molecule has 0 saturated heterocycles. The molecule has 6 heteroatoms. The maximum atomic E-state index is 13.0. The number of halogens is 1. The molecule has 0 spiro atoms. The predicted octanol–water partition coefficient (Wildman–Crippen LogP) is 3.44. The van der Waals surface area contributed by atoms with Crippen molar-refractivity contribution in [2.45, 2.75) is 12.1 Å². The molecule has 5 nitrogen and oxygen atoms in total. The van der Waals surface area contributed by atoms with Crippen molar-refractivity contribution in [1.29, 1.82) is 0 Å². The molecule has 4 rings (SSSR count). The van der Waals surface area contributed by atoms with Crippen LogP contribution in [0.15, 0.2) is 88.5 Å². The van der Waals surface area contributed by atoms with Crippen LogP contribution in [0.1, 0.15) is 15.9 Å². The summed E-state index contributed by atoms with van der Waals surface area (Å²) in [4.78, 5) is 31.8. The average Bonchev–Trinajstić information content (AvgIpc) is 2.96. The van der Waals surface area contributed by atoms with E-state index in [4.69, 9.17) is 0 Å². The first kappa shape index (κ1) is 17.4. The summed E-state index contributed by atoms with van der Waals surface area (Å²) in [6.07, 6.45) is 7.46. The van der Waals surface area contributed by atoms with Crippen molar-refractivity contribution in [3.8, 4) is 0 Å². The van der Waals surface area contributed by atoms with Gasteiger partial charge in [-0.05, 0) is 42.0 Å². The highest BCUT2D eigenvalue weighted by atomic mass is 79.9. The number of allylic oxidation sites excluding steroid dienone is 2. The predicted molar refractivity (Wildman–Crippen MR) is 107 cm³/mol. The fraction of sp³-hybridized carbons (Fsp3) is 0.0952. The van der Waals surface area contributed by atoms with E-state index in [9.17, 15) is 9.59 Å². The Labute approximate surface area is 165 Å². The Hall–Kier alpha value is -2.99. The minimum absolute atomic E-state index is 0.295. The van der Waals surface area contributed by atoms with Crippen LogP contribution in [-0.2, 0) is 11.2 Å². The van der Waals surface area contributed by atoms with Gasteiger partial charge in [0.15, 0.2) is 0 Å². The number of nitrogens with zero attached hydrogens (tertiary/aromatic N) is 2. The van der Waals surface area contributed by atoms with Gasteiger partial charge in [0, 0.05) is 22.7 Å². The van der Waals surface area contributed by atoms with Crippen molar-refractivity contribution in [2.75, 3.05) is 0 Å². The Kier molecular flexibility index (Phi) is 4.49. The van der Waals surface area contributed by atoms with Gasteiger partial charge in [0.1, 0.15) is 5.84 Å². The zero-order chi connectivity index (χ0) is 18.9. The molecule has 2 amide bonds. The van der Waals surface area contributed by atoms with Gasteiger partial charge in [0.05, 0.1) is 0 Å². The highest BCUT2D eigenvalue weighted by Crippen LogP contribution is 2.30. The van der Waals surface area contributed by atoms with E-state index in [2.05, 4.69) is 26.2 Å². The van der Waals surface area contributed by atoms with Crippen molar-refractivity contribution in [1.82, 2.24) is 10.2 Å². The number of carbonyl (C=O) groups is 2. The molecule has 0 fully saturated rings. The third-order valence-electron chi connectivity index (χ3n) is 4.55. The second-order valence-corrected chi connectivity index (χ2v) is 7.25. The van der Waals surface area contributed by atoms with Gasteiger partial charge in [0.2, 0.25) is 5.66 Å². The first-order chi connectivity index (χ1) is 13.1. The molecule has 2 aliphatic heterocycles. The SMILES string of the molecule is O=C(NC1(Cc2ccc(Br)cc2)C(=O)N=C2C=CC=CN21)c1ccccc1. The lowest BCUT2D eigenvalue weighted by Crippen LogP contribution is -2.63. The van der Waals surface area contributed by atoms with Crippen LogP contribution >= 0.6 is 15.9 Å². The number of carbonyl (C=O) groups excluding carboxylic acids is 2. The number of aliphatic imine (C=N–C) groups is 1. The molecular weight excluding hydrogens is 406 g/mol. The fourth-order valence-electron chi connectivity index (χ4n) is 3.21. The van der Waals surface area contributed by atoms with Crippen molar-refractivity contribution >= 4 is 33.6 Å². The number of hydrogen-bond donors (Lipinski definition) is 1. The first-order valence-corrected chi connectivity index (χ1v) is 9.27. The fourth-order valence-corrected chi connectivity index (χ4v) is 3.48. The minimum Gasteiger partial charge on any atom is -0.321 e. The second-order valence-electron chi connectivity index (χ2n) is 6.33. The molecule has 1 atom stereocenters. The summed E-state index contributed by atoms with van der Waals surface area (Å²) in [6, 6.07) is 16.5. The topological polar surface area (TPSA) is 61.8 Å². The van der Waals surface area contributed by atoms with Crippen LogP contribution < -0.4 is 5.32 Å². The summed E-state index contributed by atoms with van der Waals surface area (Å²) >= 11 is 3.42. The lowest BCUT2D eigenvalue weighted by Gasteiger charge is -2.37. The van der Waals surface area contributed by atoms with E-state index < -0.39 is 5.66 Å². The van der Waals surface area contributed by atoms with E-state index in [-0.39, 0.29) is 11.8 Å². The molecular formula is C21H16BrN3O2. The summed E-state index contributed by atoms with van der Waals surface area (Å²) in [5, 5.41) is 2.95. The summed E-state index contributed by atoms with van der Waals surface area (Å²) in [7, 11) is 0. The molecule has 2 aromatic rings. The van der Waals surface area contributed by atoms with Crippen LogP contribution in [0.3, 0.4) is 0 Å². The van der Waals surface area contributed by atoms with Gasteiger partial charge in [-0.2, -0.15) is 4.99 Å². The third kappa shape index (κ3) is 3.24. The van der Waals surface area contributed by atoms with Crippen molar-refractivity contribution < 1.29 is 9.59 Å². The number of benzene rings is 2. The summed E-state index contributed by atoms with van der Waals surface area (Å²) in [5.41, 5.74) is 0.113. The van der Waals surface area contributed by atoms with E-state index in [1.54, 1.807) is 41.4 Å². The molecule has 0 aromatic heterocycles. The maximum Gasteiger partial charge on any atom is 0.295 e. The Balaban J connectivity index is 1.72. The molecule has 0 saturated carbocycles. The lowest BCUT2D eigenvalue weighted by atomic mass is 9.96. The molecule has 27 heavy (non-hydrogen) atoms. The van der Waals surface area contributed by atoms with E-state index in [1.165, 1.54) is 0 Å². The van der Waals surface area contributed by atoms with Crippen LogP contribution in [0, 0.1) is 0 Å². The van der Waals surface area contributed by atoms with E-state index in [0.717, 1.165) is 10.0 Å². The van der Waals surface area contributed by atoms with Crippen LogP contribution in [0.5, 0.6) is 0 Å². The van der Waals surface area contributed by atoms with E-state index in [1.807, 2.05) is 42.5 Å². The smallest absolute Gasteiger partial charge is 0.295 e. The van der Waals surface area contributed by atoms with Crippen LogP contribution in [0.2, 0.25) is 0 Å². The van der Waals surface area contributed by atoms with Crippen LogP contribution in [0.4, 0.5) is 0 Å². The van der Waals surface area contributed by atoms with Gasteiger partial charge in [-0.15, -0.1) is 0 Å². The van der Waals surface area contributed by atoms with Crippen molar-refractivity contribution in [2.24, 2.45) is 4.99 Å². The number of amides is 2. The van der Waals surface area contributed by atoms with Gasteiger partial charge in [-0.1, -0.05) is 52.3 Å². The number of fused-ring (bicyclic) bond motifs is 1. The minimum atomic E-state index is -1.29. The first-order valence-electron chi connectivity index (χ1n) is 8.48. The third-order valence-corrected chi connectivity index (χ3v) is 5.08. The highest BCUT2D eigenvalue weighted by molar-refractivity contribution is 9.10. The molecule has 0 aliphatic carbocycles. The zero-order valence-electron chi connectivity index (χ0n) is 14.3. The van der Waals surface area contributed by atoms with Crippen molar-refractivity contribution in [3.63, 3.8) is 0 Å². The van der Waals surface area contributed by atoms with Crippen LogP contribution in [-0.4, -0.2) is 28.2 Å². The molecule has 0 radical (unpaired) electrons. The molecule has 134 valence electrons. The molecule has 0 bridgehead atoms. The Morgan fingerprint density at radius 1 is 1.07 bits per heavy atom. The standard InChI is InChI=1S/C21H16BrN3O2/c22-17-11-9-15(10-12-17)14-21(24-19(26)16-6-2-1-3-7-16)20(27)23-18-8-4-5-13-25(18)21/h1-13H,14H2,(H,24,26). The molecule has 2 aliphatic rings. The quantitative estimate of drug-likeness (QED) is 0.822. The molecule has 2 heterocycles. The highest BCUT2D eigenvalue weighted by Gasteiger charge is 2.50. The van der Waals surface area contributed by atoms with Crippen LogP contribution in [0.25, 0.3) is 0 Å². The van der Waals surface area contributed by atoms with Crippen molar-refractivity contribution in [3.05, 3.63) is 94.6 Å². The van der Waals surface area contributed by atoms with Gasteiger partial charge in [-0.3, -0.25) is 9.59 Å². The Bertz CT molecular complexity index is 980. The zero-order valence-corrected chi connectivity index (χ0v) is 15.9. The van der Waals surface area contributed by atoms with Gasteiger partial charge >= 0.3 is 0 Å². The monoisotopic (exact) mass is 421 g/mol. The lowest BCUT2D eigenvalue weighted by molar-refractivity contribution is -0.126. The number of nitrogens with one attached hydrogen (secondary N) is 1. The average molecular weight is 422 g/mol. The van der Waals surface area contributed by atoms with Gasteiger partial charge < -0.3 is 10.2 Å². The normalized spacial score (nSPS) is 20.4. The van der Waals surface area contributed by atoms with E-state index >= 15 is 0 Å². The molecule has 1 N–H and O–H groups in total.